The molecule has 1 unspecified atom stereocenters. The minimum atomic E-state index is -0.976. The van der Waals surface area contributed by atoms with Gasteiger partial charge in [0.15, 0.2) is 0 Å². The Kier molecular flexibility index (Phi) is 27.0. The number of hydrogen-bond donors (Lipinski definition) is 6. The molecular formula is C22H44N2O8. The van der Waals surface area contributed by atoms with Gasteiger partial charge in [0.25, 0.3) is 0 Å². The zero-order chi connectivity index (χ0) is 25.4. The van der Waals surface area contributed by atoms with Gasteiger partial charge in [0.2, 0.25) is 0 Å². The van der Waals surface area contributed by atoms with E-state index in [0.29, 0.717) is 25.7 Å². The van der Waals surface area contributed by atoms with E-state index in [9.17, 15) is 19.2 Å². The van der Waals surface area contributed by atoms with Crippen molar-refractivity contribution in [2.75, 3.05) is 0 Å². The van der Waals surface area contributed by atoms with Crippen molar-refractivity contribution in [1.82, 2.24) is 0 Å². The first-order valence-corrected chi connectivity index (χ1v) is 11.4. The van der Waals surface area contributed by atoms with E-state index in [1.54, 1.807) is 0 Å². The predicted molar refractivity (Wildman–Crippen MR) is 122 cm³/mol. The first-order valence-electron chi connectivity index (χ1n) is 11.4. The van der Waals surface area contributed by atoms with Crippen molar-refractivity contribution in [3.8, 4) is 0 Å². The number of unbranched alkanes of at least 4 members (excludes halogenated alkanes) is 7. The third kappa shape index (κ3) is 32.5. The molecule has 0 saturated heterocycles. The maximum atomic E-state index is 10.3. The first-order chi connectivity index (χ1) is 15.0. The highest BCUT2D eigenvalue weighted by Crippen LogP contribution is 2.07. The molecule has 0 spiro atoms. The van der Waals surface area contributed by atoms with E-state index in [4.69, 9.17) is 31.9 Å². The van der Waals surface area contributed by atoms with Gasteiger partial charge in [0.05, 0.1) is 0 Å². The number of aliphatic carboxylic acids is 4. The predicted octanol–water partition coefficient (Wildman–Crippen LogP) is 3.45. The van der Waals surface area contributed by atoms with Crippen molar-refractivity contribution in [3.63, 3.8) is 0 Å². The zero-order valence-electron chi connectivity index (χ0n) is 19.6. The fraction of sp³-hybridized carbons (Fsp3) is 0.818. The van der Waals surface area contributed by atoms with Crippen LogP contribution in [0.1, 0.15) is 104 Å². The molecule has 8 N–H and O–H groups in total. The van der Waals surface area contributed by atoms with Gasteiger partial charge in [-0.15, -0.1) is 0 Å². The van der Waals surface area contributed by atoms with E-state index < -0.39 is 36.0 Å². The Morgan fingerprint density at radius 2 is 0.844 bits per heavy atom. The number of carbonyl (C=O) groups is 4. The molecular weight excluding hydrogens is 420 g/mol. The van der Waals surface area contributed by atoms with Crippen LogP contribution in [0.15, 0.2) is 0 Å². The lowest BCUT2D eigenvalue weighted by Crippen LogP contribution is -2.29. The van der Waals surface area contributed by atoms with Gasteiger partial charge in [-0.3, -0.25) is 19.2 Å². The number of hydrogen-bond acceptors (Lipinski definition) is 6. The van der Waals surface area contributed by atoms with Crippen LogP contribution in [0, 0.1) is 0 Å². The summed E-state index contributed by atoms with van der Waals surface area (Å²) in [6.07, 6.45) is 10.0. The van der Waals surface area contributed by atoms with E-state index >= 15 is 0 Å². The monoisotopic (exact) mass is 464 g/mol. The van der Waals surface area contributed by atoms with E-state index in [1.165, 1.54) is 12.8 Å². The molecule has 0 aliphatic heterocycles. The molecule has 0 rings (SSSR count). The molecule has 0 fully saturated rings. The summed E-state index contributed by atoms with van der Waals surface area (Å²) in [4.78, 5) is 40.9. The fourth-order valence-corrected chi connectivity index (χ4v) is 2.24. The van der Waals surface area contributed by atoms with Crippen LogP contribution >= 0.6 is 0 Å². The molecule has 0 aromatic rings. The molecule has 0 aliphatic rings. The minimum absolute atomic E-state index is 0.186. The van der Waals surface area contributed by atoms with Crippen LogP contribution in [-0.2, 0) is 19.2 Å². The maximum absolute atomic E-state index is 10.3. The van der Waals surface area contributed by atoms with E-state index in [0.717, 1.165) is 38.5 Å². The Morgan fingerprint density at radius 1 is 0.562 bits per heavy atom. The average Bonchev–Trinajstić information content (AvgIpc) is 2.72. The second-order valence-corrected chi connectivity index (χ2v) is 7.58. The molecule has 32 heavy (non-hydrogen) atoms. The molecule has 0 aliphatic carbocycles. The third-order valence-corrected chi connectivity index (χ3v) is 4.45. The molecule has 0 radical (unpaired) electrons. The molecule has 0 saturated carbocycles. The summed E-state index contributed by atoms with van der Waals surface area (Å²) in [5.41, 5.74) is 10.6. The van der Waals surface area contributed by atoms with Crippen molar-refractivity contribution in [1.29, 1.82) is 0 Å². The molecule has 0 heterocycles. The molecule has 0 aromatic carbocycles. The van der Waals surface area contributed by atoms with Crippen molar-refractivity contribution in [2.24, 2.45) is 11.5 Å². The van der Waals surface area contributed by atoms with Crippen molar-refractivity contribution < 1.29 is 39.6 Å². The molecule has 0 bridgehead atoms. The Hall–Kier alpha value is -2.20. The van der Waals surface area contributed by atoms with Crippen LogP contribution in [0.25, 0.3) is 0 Å². The van der Waals surface area contributed by atoms with Gasteiger partial charge in [0.1, 0.15) is 12.1 Å². The highest BCUT2D eigenvalue weighted by molar-refractivity contribution is 5.73. The number of carboxylic acids is 4. The lowest BCUT2D eigenvalue weighted by atomic mass is 10.1. The SMILES string of the molecule is CCCC.NC(CCCCCCC(=O)O)C(=O)O.N[C@@H](CCCCCCC(=O)O)C(=O)O. The maximum Gasteiger partial charge on any atom is 0.320 e. The van der Waals surface area contributed by atoms with Crippen LogP contribution in [0.4, 0.5) is 0 Å². The fourth-order valence-electron chi connectivity index (χ4n) is 2.24. The van der Waals surface area contributed by atoms with Crippen LogP contribution in [0.3, 0.4) is 0 Å². The van der Waals surface area contributed by atoms with Gasteiger partial charge < -0.3 is 31.9 Å². The largest absolute Gasteiger partial charge is 0.481 e. The molecule has 10 nitrogen and oxygen atoms in total. The Morgan fingerprint density at radius 3 is 1.06 bits per heavy atom. The average molecular weight is 465 g/mol. The topological polar surface area (TPSA) is 201 Å². The Balaban J connectivity index is -0.000000450. The van der Waals surface area contributed by atoms with Crippen LogP contribution in [-0.4, -0.2) is 56.4 Å². The van der Waals surface area contributed by atoms with Crippen molar-refractivity contribution in [3.05, 3.63) is 0 Å². The van der Waals surface area contributed by atoms with E-state index in [2.05, 4.69) is 13.8 Å². The summed E-state index contributed by atoms with van der Waals surface area (Å²) < 4.78 is 0. The van der Waals surface area contributed by atoms with Crippen LogP contribution in [0.2, 0.25) is 0 Å². The second-order valence-electron chi connectivity index (χ2n) is 7.58. The Bertz CT molecular complexity index is 456. The zero-order valence-corrected chi connectivity index (χ0v) is 19.6. The van der Waals surface area contributed by atoms with Gasteiger partial charge >= 0.3 is 23.9 Å². The van der Waals surface area contributed by atoms with Gasteiger partial charge in [-0.25, -0.2) is 0 Å². The highest BCUT2D eigenvalue weighted by Gasteiger charge is 2.10. The highest BCUT2D eigenvalue weighted by atomic mass is 16.4. The van der Waals surface area contributed by atoms with Crippen LogP contribution < -0.4 is 11.5 Å². The number of nitrogens with two attached hydrogens (primary N) is 2. The summed E-state index contributed by atoms with van der Waals surface area (Å²) in [7, 11) is 0. The van der Waals surface area contributed by atoms with E-state index in [-0.39, 0.29) is 12.8 Å². The van der Waals surface area contributed by atoms with E-state index in [1.807, 2.05) is 0 Å². The minimum Gasteiger partial charge on any atom is -0.481 e. The molecule has 2 atom stereocenters. The number of carboxylic acid groups (broad SMARTS) is 4. The summed E-state index contributed by atoms with van der Waals surface area (Å²) in [6.45, 7) is 4.36. The second kappa shape index (κ2) is 25.1. The molecule has 10 heteroatoms. The first kappa shape index (κ1) is 34.4. The lowest BCUT2D eigenvalue weighted by molar-refractivity contribution is -0.139. The quantitative estimate of drug-likeness (QED) is 0.173. The summed E-state index contributed by atoms with van der Waals surface area (Å²) in [5.74, 6) is -3.52. The summed E-state index contributed by atoms with van der Waals surface area (Å²) in [5, 5.41) is 33.6. The van der Waals surface area contributed by atoms with Crippen molar-refractivity contribution in [2.45, 2.75) is 116 Å². The van der Waals surface area contributed by atoms with Crippen LogP contribution in [0.5, 0.6) is 0 Å². The van der Waals surface area contributed by atoms with Crippen molar-refractivity contribution >= 4 is 23.9 Å². The molecule has 0 aromatic heterocycles. The Labute approximate surface area is 191 Å². The smallest absolute Gasteiger partial charge is 0.320 e. The third-order valence-electron chi connectivity index (χ3n) is 4.45. The van der Waals surface area contributed by atoms with Gasteiger partial charge in [-0.05, 0) is 25.7 Å². The molecule has 0 amide bonds. The van der Waals surface area contributed by atoms with Gasteiger partial charge in [-0.2, -0.15) is 0 Å². The normalized spacial score (nSPS) is 11.8. The molecule has 190 valence electrons. The lowest BCUT2D eigenvalue weighted by Gasteiger charge is -2.04. The standard InChI is InChI=1S/2C9H17NO4.C4H10/c2*10-7(9(13)14)5-3-1-2-4-6-8(11)12;1-3-4-2/h2*7H,1-6,10H2,(H,11,12)(H,13,14);3-4H2,1-2H3/t7-;;/m0../s1. The number of rotatable bonds is 17. The van der Waals surface area contributed by atoms with Gasteiger partial charge in [0, 0.05) is 12.8 Å². The van der Waals surface area contributed by atoms with Gasteiger partial charge in [-0.1, -0.05) is 65.2 Å². The summed E-state index contributed by atoms with van der Waals surface area (Å²) >= 11 is 0. The summed E-state index contributed by atoms with van der Waals surface area (Å²) in [6, 6.07) is -1.57.